The van der Waals surface area contributed by atoms with Gasteiger partial charge in [0.05, 0.1) is 24.4 Å². The van der Waals surface area contributed by atoms with Gasteiger partial charge < -0.3 is 14.7 Å². The molecular weight excluding hydrogens is 344 g/mol. The van der Waals surface area contributed by atoms with E-state index in [-0.39, 0.29) is 23.3 Å². The van der Waals surface area contributed by atoms with Gasteiger partial charge in [0.15, 0.2) is 0 Å². The number of nitrogens with zero attached hydrogens (tertiary/aromatic N) is 2. The van der Waals surface area contributed by atoms with Crippen LogP contribution in [-0.4, -0.2) is 40.5 Å². The fourth-order valence-corrected chi connectivity index (χ4v) is 3.89. The van der Waals surface area contributed by atoms with Crippen LogP contribution >= 0.6 is 0 Å². The maximum absolute atomic E-state index is 13.3. The molecule has 2 aromatic rings. The average molecular weight is 366 g/mol. The van der Waals surface area contributed by atoms with Gasteiger partial charge in [0.25, 0.3) is 5.91 Å². The largest absolute Gasteiger partial charge is 0.508 e. The van der Waals surface area contributed by atoms with Crippen LogP contribution in [0, 0.1) is 12.8 Å². The van der Waals surface area contributed by atoms with Gasteiger partial charge in [-0.15, -0.1) is 0 Å². The summed E-state index contributed by atoms with van der Waals surface area (Å²) in [6, 6.07) is 6.81. The van der Waals surface area contributed by atoms with Crippen molar-refractivity contribution in [1.82, 2.24) is 9.88 Å². The first-order chi connectivity index (χ1) is 13.0. The molecule has 1 amide bonds. The average Bonchev–Trinajstić information content (AvgIpc) is 3.48. The van der Waals surface area contributed by atoms with E-state index in [4.69, 9.17) is 4.74 Å². The van der Waals surface area contributed by atoms with E-state index in [1.54, 1.807) is 6.20 Å². The molecule has 1 atom stereocenters. The lowest BCUT2D eigenvalue weighted by molar-refractivity contribution is 0.0599. The Morgan fingerprint density at radius 3 is 2.78 bits per heavy atom. The lowest BCUT2D eigenvalue weighted by Gasteiger charge is -2.36. The summed E-state index contributed by atoms with van der Waals surface area (Å²) < 4.78 is 4.74. The number of aromatic hydroxyl groups is 1. The Hall–Kier alpha value is -2.89. The first-order valence-corrected chi connectivity index (χ1v) is 9.17. The number of methoxy groups -OCH3 is 1. The van der Waals surface area contributed by atoms with Crippen LogP contribution < -0.4 is 0 Å². The molecule has 1 aromatic heterocycles. The second-order valence-electron chi connectivity index (χ2n) is 7.30. The number of aromatic nitrogens is 1. The monoisotopic (exact) mass is 366 g/mol. The van der Waals surface area contributed by atoms with Crippen LogP contribution in [0.2, 0.25) is 0 Å². The molecule has 140 valence electrons. The fraction of sp³-hybridized carbons (Fsp3) is 0.381. The zero-order valence-electron chi connectivity index (χ0n) is 15.4. The number of rotatable bonds is 4. The number of ether oxygens (including phenoxy) is 1. The van der Waals surface area contributed by atoms with E-state index >= 15 is 0 Å². The van der Waals surface area contributed by atoms with Crippen LogP contribution in [0.3, 0.4) is 0 Å². The van der Waals surface area contributed by atoms with Gasteiger partial charge in [-0.1, -0.05) is 0 Å². The van der Waals surface area contributed by atoms with Crippen molar-refractivity contribution in [2.75, 3.05) is 13.7 Å². The standard InChI is InChI=1S/C21H22N2O4/c1-12-5-7-22-17(9-12)19(13-3-4-13)23-8-6-15-16(20(23)25)10-14(11-18(15)24)21(26)27-2/h5,7,9-11,13,19,24H,3-4,6,8H2,1-2H3. The summed E-state index contributed by atoms with van der Waals surface area (Å²) in [5.74, 6) is -0.366. The summed E-state index contributed by atoms with van der Waals surface area (Å²) in [6.07, 6.45) is 4.47. The molecule has 1 aliphatic carbocycles. The molecule has 4 rings (SSSR count). The van der Waals surface area contributed by atoms with Gasteiger partial charge in [-0.05, 0) is 61.9 Å². The lowest BCUT2D eigenvalue weighted by Crippen LogP contribution is -2.41. The highest BCUT2D eigenvalue weighted by Crippen LogP contribution is 2.46. The van der Waals surface area contributed by atoms with Gasteiger partial charge in [0, 0.05) is 23.9 Å². The molecule has 2 heterocycles. The highest BCUT2D eigenvalue weighted by atomic mass is 16.5. The molecule has 1 N–H and O–H groups in total. The molecule has 2 aliphatic rings. The number of phenols is 1. The van der Waals surface area contributed by atoms with Crippen molar-refractivity contribution in [2.45, 2.75) is 32.2 Å². The quantitative estimate of drug-likeness (QED) is 0.842. The van der Waals surface area contributed by atoms with Crippen LogP contribution in [0.1, 0.15) is 56.4 Å². The van der Waals surface area contributed by atoms with E-state index < -0.39 is 5.97 Å². The van der Waals surface area contributed by atoms with E-state index in [9.17, 15) is 14.7 Å². The highest BCUT2D eigenvalue weighted by Gasteiger charge is 2.41. The molecule has 1 aromatic carbocycles. The zero-order valence-corrected chi connectivity index (χ0v) is 15.4. The minimum Gasteiger partial charge on any atom is -0.508 e. The van der Waals surface area contributed by atoms with Crippen LogP contribution in [0.15, 0.2) is 30.5 Å². The Balaban J connectivity index is 1.73. The molecule has 1 aliphatic heterocycles. The van der Waals surface area contributed by atoms with Gasteiger partial charge >= 0.3 is 5.97 Å². The predicted molar refractivity (Wildman–Crippen MR) is 98.6 cm³/mol. The Kier molecular flexibility index (Phi) is 4.34. The summed E-state index contributed by atoms with van der Waals surface area (Å²) in [4.78, 5) is 31.6. The molecule has 0 radical (unpaired) electrons. The zero-order chi connectivity index (χ0) is 19.1. The first kappa shape index (κ1) is 17.5. The minimum absolute atomic E-state index is 0.0300. The molecule has 1 unspecified atom stereocenters. The molecular formula is C21H22N2O4. The first-order valence-electron chi connectivity index (χ1n) is 9.17. The summed E-state index contributed by atoms with van der Waals surface area (Å²) >= 11 is 0. The number of hydrogen-bond acceptors (Lipinski definition) is 5. The third-order valence-electron chi connectivity index (χ3n) is 5.39. The normalized spacial score (nSPS) is 17.4. The maximum atomic E-state index is 13.3. The fourth-order valence-electron chi connectivity index (χ4n) is 3.89. The second kappa shape index (κ2) is 6.68. The topological polar surface area (TPSA) is 79.7 Å². The van der Waals surface area contributed by atoms with Gasteiger partial charge in [0.1, 0.15) is 5.75 Å². The number of esters is 1. The van der Waals surface area contributed by atoms with Crippen molar-refractivity contribution in [2.24, 2.45) is 5.92 Å². The summed E-state index contributed by atoms with van der Waals surface area (Å²) in [6.45, 7) is 2.54. The van der Waals surface area contributed by atoms with Gasteiger partial charge in [0.2, 0.25) is 0 Å². The molecule has 27 heavy (non-hydrogen) atoms. The van der Waals surface area contributed by atoms with E-state index in [0.29, 0.717) is 30.0 Å². The van der Waals surface area contributed by atoms with Crippen molar-refractivity contribution in [3.8, 4) is 5.75 Å². The van der Waals surface area contributed by atoms with Crippen LogP contribution in [0.5, 0.6) is 5.75 Å². The van der Waals surface area contributed by atoms with Crippen molar-refractivity contribution in [1.29, 1.82) is 0 Å². The predicted octanol–water partition coefficient (Wildman–Crippen LogP) is 3.03. The number of benzene rings is 1. The number of fused-ring (bicyclic) bond motifs is 1. The Morgan fingerprint density at radius 1 is 1.33 bits per heavy atom. The number of hydrogen-bond donors (Lipinski definition) is 1. The van der Waals surface area contributed by atoms with Gasteiger partial charge in [-0.25, -0.2) is 4.79 Å². The van der Waals surface area contributed by atoms with E-state index in [0.717, 1.165) is 24.1 Å². The molecule has 0 bridgehead atoms. The van der Waals surface area contributed by atoms with Crippen LogP contribution in [-0.2, 0) is 11.2 Å². The van der Waals surface area contributed by atoms with Crippen molar-refractivity contribution < 1.29 is 19.4 Å². The van der Waals surface area contributed by atoms with E-state index in [2.05, 4.69) is 4.98 Å². The number of phenolic OH excluding ortho intramolecular Hbond substituents is 1. The SMILES string of the molecule is COC(=O)c1cc(O)c2c(c1)C(=O)N(C(c1cc(C)ccn1)C1CC1)CC2. The number of pyridine rings is 1. The van der Waals surface area contributed by atoms with Crippen LogP contribution in [0.25, 0.3) is 0 Å². The summed E-state index contributed by atoms with van der Waals surface area (Å²) in [7, 11) is 1.28. The third kappa shape index (κ3) is 3.16. The Morgan fingerprint density at radius 2 is 2.11 bits per heavy atom. The molecule has 6 nitrogen and oxygen atoms in total. The smallest absolute Gasteiger partial charge is 0.338 e. The molecule has 6 heteroatoms. The Labute approximate surface area is 157 Å². The lowest BCUT2D eigenvalue weighted by atomic mass is 9.92. The molecule has 0 saturated heterocycles. The number of carbonyl (C=O) groups is 2. The van der Waals surface area contributed by atoms with Crippen molar-refractivity contribution >= 4 is 11.9 Å². The second-order valence-corrected chi connectivity index (χ2v) is 7.30. The van der Waals surface area contributed by atoms with Crippen molar-refractivity contribution in [3.05, 3.63) is 58.4 Å². The number of carbonyl (C=O) groups excluding carboxylic acids is 2. The molecule has 1 fully saturated rings. The van der Waals surface area contributed by atoms with E-state index in [1.165, 1.54) is 19.2 Å². The van der Waals surface area contributed by atoms with Gasteiger partial charge in [-0.3, -0.25) is 9.78 Å². The summed E-state index contributed by atoms with van der Waals surface area (Å²) in [5.41, 5.74) is 3.17. The maximum Gasteiger partial charge on any atom is 0.338 e. The highest BCUT2D eigenvalue weighted by molar-refractivity contribution is 6.01. The van der Waals surface area contributed by atoms with Crippen molar-refractivity contribution in [3.63, 3.8) is 0 Å². The minimum atomic E-state index is -0.572. The number of amides is 1. The molecule has 0 spiro atoms. The number of aryl methyl sites for hydroxylation is 1. The Bertz CT molecular complexity index is 920. The third-order valence-corrected chi connectivity index (χ3v) is 5.39. The van der Waals surface area contributed by atoms with Gasteiger partial charge in [-0.2, -0.15) is 0 Å². The van der Waals surface area contributed by atoms with E-state index in [1.807, 2.05) is 24.0 Å². The van der Waals surface area contributed by atoms with Crippen LogP contribution in [0.4, 0.5) is 0 Å². The summed E-state index contributed by atoms with van der Waals surface area (Å²) in [5, 5.41) is 10.3. The molecule has 1 saturated carbocycles.